The first kappa shape index (κ1) is 12.3. The molecular weight excluding hydrogens is 232 g/mol. The average molecular weight is 246 g/mol. The number of carbonyl (C=O) groups excluding carboxylic acids is 1. The monoisotopic (exact) mass is 246 g/mol. The van der Waals surface area contributed by atoms with E-state index in [1.165, 1.54) is 0 Å². The fourth-order valence-electron chi connectivity index (χ4n) is 1.98. The second kappa shape index (κ2) is 5.00. The number of nitrogens with one attached hydrogen (secondary N) is 1. The van der Waals surface area contributed by atoms with E-state index in [1.54, 1.807) is 25.4 Å². The summed E-state index contributed by atoms with van der Waals surface area (Å²) in [6.07, 6.45) is 3.52. The summed E-state index contributed by atoms with van der Waals surface area (Å²) in [6, 6.07) is 3.60. The molecule has 0 aliphatic heterocycles. The molecule has 2 aromatic heterocycles. The molecule has 0 aliphatic carbocycles. The summed E-state index contributed by atoms with van der Waals surface area (Å²) in [5.41, 5.74) is 1.25. The quantitative estimate of drug-likeness (QED) is 0.792. The second-order valence-electron chi connectivity index (χ2n) is 4.43. The van der Waals surface area contributed by atoms with Gasteiger partial charge in [-0.1, -0.05) is 6.92 Å². The Morgan fingerprint density at radius 1 is 1.44 bits per heavy atom. The SMILES string of the molecule is CC(CC(=O)O)CC(=O)c1c[nH]c2ncccc12. The van der Waals surface area contributed by atoms with Gasteiger partial charge in [-0.15, -0.1) is 0 Å². The number of carboxylic acid groups (broad SMARTS) is 1. The van der Waals surface area contributed by atoms with Crippen molar-refractivity contribution < 1.29 is 14.7 Å². The van der Waals surface area contributed by atoms with E-state index in [2.05, 4.69) is 9.97 Å². The number of aliphatic carboxylic acids is 1. The van der Waals surface area contributed by atoms with Crippen LogP contribution >= 0.6 is 0 Å². The van der Waals surface area contributed by atoms with Gasteiger partial charge in [0.1, 0.15) is 5.65 Å². The maximum atomic E-state index is 12.1. The lowest BCUT2D eigenvalue weighted by Gasteiger charge is -2.06. The standard InChI is InChI=1S/C13H14N2O3/c1-8(6-12(17)18)5-11(16)10-7-15-13-9(10)3-2-4-14-13/h2-4,7-8H,5-6H2,1H3,(H,14,15)(H,17,18). The molecule has 0 aliphatic rings. The zero-order valence-electron chi connectivity index (χ0n) is 10.0. The lowest BCUT2D eigenvalue weighted by molar-refractivity contribution is -0.137. The Balaban J connectivity index is 2.16. The highest BCUT2D eigenvalue weighted by Crippen LogP contribution is 2.20. The van der Waals surface area contributed by atoms with Gasteiger partial charge in [-0.05, 0) is 18.1 Å². The van der Waals surface area contributed by atoms with Crippen LogP contribution in [0.4, 0.5) is 0 Å². The van der Waals surface area contributed by atoms with Crippen LogP contribution in [0.3, 0.4) is 0 Å². The van der Waals surface area contributed by atoms with E-state index in [0.29, 0.717) is 11.2 Å². The number of fused-ring (bicyclic) bond motifs is 1. The molecule has 0 amide bonds. The first-order valence-electron chi connectivity index (χ1n) is 5.75. The van der Waals surface area contributed by atoms with E-state index < -0.39 is 5.97 Å². The molecule has 94 valence electrons. The molecule has 0 spiro atoms. The number of ketones is 1. The number of carboxylic acids is 1. The lowest BCUT2D eigenvalue weighted by Crippen LogP contribution is -2.10. The minimum atomic E-state index is -0.879. The number of aromatic amines is 1. The van der Waals surface area contributed by atoms with E-state index in [4.69, 9.17) is 5.11 Å². The minimum Gasteiger partial charge on any atom is -0.481 e. The number of carbonyl (C=O) groups is 2. The van der Waals surface area contributed by atoms with Gasteiger partial charge in [0.05, 0.1) is 0 Å². The summed E-state index contributed by atoms with van der Waals surface area (Å²) < 4.78 is 0. The molecule has 2 heterocycles. The summed E-state index contributed by atoms with van der Waals surface area (Å²) in [5, 5.41) is 9.45. The summed E-state index contributed by atoms with van der Waals surface area (Å²) >= 11 is 0. The van der Waals surface area contributed by atoms with Crippen molar-refractivity contribution in [2.75, 3.05) is 0 Å². The zero-order valence-corrected chi connectivity index (χ0v) is 10.0. The van der Waals surface area contributed by atoms with E-state index in [0.717, 1.165) is 5.39 Å². The van der Waals surface area contributed by atoms with E-state index >= 15 is 0 Å². The number of Topliss-reactive ketones (excluding diaryl/α,β-unsaturated/α-hetero) is 1. The minimum absolute atomic E-state index is 0.00630. The van der Waals surface area contributed by atoms with Gasteiger partial charge in [-0.25, -0.2) is 4.98 Å². The Hall–Kier alpha value is -2.17. The van der Waals surface area contributed by atoms with Gasteiger partial charge in [-0.2, -0.15) is 0 Å². The highest BCUT2D eigenvalue weighted by atomic mass is 16.4. The van der Waals surface area contributed by atoms with Gasteiger partial charge in [-0.3, -0.25) is 9.59 Å². The summed E-state index contributed by atoms with van der Waals surface area (Å²) in [5.74, 6) is -1.10. The molecule has 2 rings (SSSR count). The van der Waals surface area contributed by atoms with Gasteiger partial charge in [0.2, 0.25) is 0 Å². The van der Waals surface area contributed by atoms with Crippen LogP contribution in [0.15, 0.2) is 24.5 Å². The molecule has 0 fully saturated rings. The van der Waals surface area contributed by atoms with E-state index in [-0.39, 0.29) is 24.5 Å². The Morgan fingerprint density at radius 2 is 2.22 bits per heavy atom. The molecule has 2 N–H and O–H groups in total. The van der Waals surface area contributed by atoms with Crippen molar-refractivity contribution in [3.05, 3.63) is 30.1 Å². The van der Waals surface area contributed by atoms with Crippen molar-refractivity contribution in [2.45, 2.75) is 19.8 Å². The molecule has 0 saturated heterocycles. The van der Waals surface area contributed by atoms with Crippen molar-refractivity contribution in [1.82, 2.24) is 9.97 Å². The van der Waals surface area contributed by atoms with Crippen molar-refractivity contribution in [3.63, 3.8) is 0 Å². The molecule has 5 nitrogen and oxygen atoms in total. The van der Waals surface area contributed by atoms with Crippen molar-refractivity contribution in [3.8, 4) is 0 Å². The topological polar surface area (TPSA) is 83.0 Å². The van der Waals surface area contributed by atoms with E-state index in [1.807, 2.05) is 6.07 Å². The number of pyridine rings is 1. The molecule has 18 heavy (non-hydrogen) atoms. The largest absolute Gasteiger partial charge is 0.481 e. The molecule has 1 unspecified atom stereocenters. The smallest absolute Gasteiger partial charge is 0.303 e. The third-order valence-electron chi connectivity index (χ3n) is 2.81. The summed E-state index contributed by atoms with van der Waals surface area (Å²) in [4.78, 5) is 29.7. The molecule has 0 aromatic carbocycles. The number of aromatic nitrogens is 2. The maximum absolute atomic E-state index is 12.1. The van der Waals surface area contributed by atoms with Crippen LogP contribution in [0.5, 0.6) is 0 Å². The highest BCUT2D eigenvalue weighted by Gasteiger charge is 2.17. The first-order chi connectivity index (χ1) is 8.58. The predicted octanol–water partition coefficient (Wildman–Crippen LogP) is 2.25. The Bertz CT molecular complexity index is 589. The van der Waals surface area contributed by atoms with Crippen molar-refractivity contribution in [1.29, 1.82) is 0 Å². The average Bonchev–Trinajstić information content (AvgIpc) is 2.71. The molecule has 5 heteroatoms. The van der Waals surface area contributed by atoms with Gasteiger partial charge in [0.25, 0.3) is 0 Å². The van der Waals surface area contributed by atoms with Crippen LogP contribution in [0, 0.1) is 5.92 Å². The van der Waals surface area contributed by atoms with Crippen molar-refractivity contribution in [2.24, 2.45) is 5.92 Å². The third kappa shape index (κ3) is 2.56. The van der Waals surface area contributed by atoms with Crippen LogP contribution in [-0.4, -0.2) is 26.8 Å². The van der Waals surface area contributed by atoms with Crippen molar-refractivity contribution >= 4 is 22.8 Å². The molecule has 0 bridgehead atoms. The molecule has 0 saturated carbocycles. The van der Waals surface area contributed by atoms with Crippen LogP contribution in [0.1, 0.15) is 30.1 Å². The third-order valence-corrected chi connectivity index (χ3v) is 2.81. The molecule has 1 atom stereocenters. The Morgan fingerprint density at radius 3 is 2.94 bits per heavy atom. The van der Waals surface area contributed by atoms with Crippen LogP contribution in [0.2, 0.25) is 0 Å². The van der Waals surface area contributed by atoms with E-state index in [9.17, 15) is 9.59 Å². The fraction of sp³-hybridized carbons (Fsp3) is 0.308. The van der Waals surface area contributed by atoms with Gasteiger partial charge in [0, 0.05) is 36.2 Å². The van der Waals surface area contributed by atoms with Gasteiger partial charge in [0.15, 0.2) is 5.78 Å². The summed E-state index contributed by atoms with van der Waals surface area (Å²) in [6.45, 7) is 1.76. The van der Waals surface area contributed by atoms with Crippen LogP contribution in [0.25, 0.3) is 11.0 Å². The van der Waals surface area contributed by atoms with Crippen LogP contribution < -0.4 is 0 Å². The van der Waals surface area contributed by atoms with Crippen LogP contribution in [-0.2, 0) is 4.79 Å². The normalized spacial score (nSPS) is 12.5. The number of hydrogen-bond donors (Lipinski definition) is 2. The Labute approximate surface area is 104 Å². The highest BCUT2D eigenvalue weighted by molar-refractivity contribution is 6.07. The number of nitrogens with zero attached hydrogens (tertiary/aromatic N) is 1. The molecule has 2 aromatic rings. The summed E-state index contributed by atoms with van der Waals surface area (Å²) in [7, 11) is 0. The lowest BCUT2D eigenvalue weighted by atomic mass is 9.97. The second-order valence-corrected chi connectivity index (χ2v) is 4.43. The first-order valence-corrected chi connectivity index (χ1v) is 5.75. The van der Waals surface area contributed by atoms with Gasteiger partial charge >= 0.3 is 5.97 Å². The number of H-pyrrole nitrogens is 1. The predicted molar refractivity (Wildman–Crippen MR) is 66.5 cm³/mol. The number of rotatable bonds is 5. The van der Waals surface area contributed by atoms with Gasteiger partial charge < -0.3 is 10.1 Å². The Kier molecular flexibility index (Phi) is 3.41. The number of hydrogen-bond acceptors (Lipinski definition) is 3. The molecule has 0 radical (unpaired) electrons. The fourth-order valence-corrected chi connectivity index (χ4v) is 1.98. The zero-order chi connectivity index (χ0) is 13.1. The maximum Gasteiger partial charge on any atom is 0.303 e. The molecular formula is C13H14N2O3.